The topological polar surface area (TPSA) is 9.23 Å². The van der Waals surface area contributed by atoms with Crippen molar-refractivity contribution in [2.75, 3.05) is 0 Å². The van der Waals surface area contributed by atoms with Crippen LogP contribution < -0.4 is 10.4 Å². The lowest BCUT2D eigenvalue weighted by Gasteiger charge is -2.42. The molecule has 0 aromatic heterocycles. The Labute approximate surface area is 141 Å². The quantitative estimate of drug-likeness (QED) is 0.736. The molecular weight excluding hydrogens is 296 g/mol. The fourth-order valence-corrected chi connectivity index (χ4v) is 9.20. The third-order valence-electron chi connectivity index (χ3n) is 5.01. The minimum absolute atomic E-state index is 0.254. The van der Waals surface area contributed by atoms with Gasteiger partial charge in [-0.15, -0.1) is 0 Å². The molecule has 2 heteroatoms. The Hall–Kier alpha value is -1.38. The molecule has 1 nitrogen and oxygen atoms in total. The van der Waals surface area contributed by atoms with E-state index in [9.17, 15) is 0 Å². The van der Waals surface area contributed by atoms with Crippen LogP contribution in [0.4, 0.5) is 0 Å². The van der Waals surface area contributed by atoms with Crippen molar-refractivity contribution in [3.05, 3.63) is 60.7 Å². The molecule has 0 aliphatic heterocycles. The highest BCUT2D eigenvalue weighted by molar-refractivity contribution is 6.98. The summed E-state index contributed by atoms with van der Waals surface area (Å²) in [5.74, 6) is 0. The third kappa shape index (κ3) is 3.43. The van der Waals surface area contributed by atoms with Crippen LogP contribution in [0.1, 0.15) is 46.0 Å². The summed E-state index contributed by atoms with van der Waals surface area (Å²) in [6.07, 6.45) is 6.95. The van der Waals surface area contributed by atoms with Gasteiger partial charge in [0, 0.05) is 6.10 Å². The van der Waals surface area contributed by atoms with Crippen molar-refractivity contribution >= 4 is 18.7 Å². The third-order valence-corrected chi connectivity index (χ3v) is 9.96. The van der Waals surface area contributed by atoms with E-state index in [1.807, 2.05) is 0 Å². The van der Waals surface area contributed by atoms with E-state index in [0.717, 1.165) is 0 Å². The van der Waals surface area contributed by atoms with E-state index in [4.69, 9.17) is 4.43 Å². The second kappa shape index (κ2) is 7.46. The van der Waals surface area contributed by atoms with Crippen LogP contribution in [-0.4, -0.2) is 14.4 Å². The molecule has 0 saturated heterocycles. The molecule has 0 bridgehead atoms. The molecule has 0 atom stereocenters. The Balaban J connectivity index is 2.16. The molecule has 0 unspecified atom stereocenters. The Bertz CT molecular complexity index is 548. The highest BCUT2D eigenvalue weighted by Gasteiger charge is 2.47. The van der Waals surface area contributed by atoms with Gasteiger partial charge in [0.2, 0.25) is 0 Å². The highest BCUT2D eigenvalue weighted by atomic mass is 28.4. The predicted molar refractivity (Wildman–Crippen MR) is 101 cm³/mol. The van der Waals surface area contributed by atoms with Crippen LogP contribution in [-0.2, 0) is 4.43 Å². The summed E-state index contributed by atoms with van der Waals surface area (Å²) in [7, 11) is -2.21. The first-order chi connectivity index (χ1) is 11.2. The van der Waals surface area contributed by atoms with Gasteiger partial charge in [0.15, 0.2) is 0 Å². The standard InChI is InChI=1S/C21H28OSi/c1-18(2)22-23(19-12-6-3-7-13-19,20-14-8-4-9-15-20)21-16-10-5-11-17-21/h3-4,6-9,12-15,18,21H,5,10-11,16-17H2,1-2H3. The molecule has 1 saturated carbocycles. The zero-order chi connectivity index (χ0) is 16.1. The van der Waals surface area contributed by atoms with Crippen LogP contribution >= 0.6 is 0 Å². The molecular formula is C21H28OSi. The highest BCUT2D eigenvalue weighted by Crippen LogP contribution is 2.38. The molecule has 0 spiro atoms. The number of rotatable bonds is 5. The Morgan fingerprint density at radius 2 is 1.26 bits per heavy atom. The fraction of sp³-hybridized carbons (Fsp3) is 0.429. The lowest BCUT2D eigenvalue weighted by atomic mass is 10.0. The molecule has 1 fully saturated rings. The summed E-state index contributed by atoms with van der Waals surface area (Å²) in [5.41, 5.74) is 0.684. The second-order valence-electron chi connectivity index (χ2n) is 6.97. The molecule has 2 aromatic carbocycles. The van der Waals surface area contributed by atoms with E-state index < -0.39 is 8.32 Å². The van der Waals surface area contributed by atoms with Crippen molar-refractivity contribution < 1.29 is 4.43 Å². The van der Waals surface area contributed by atoms with Gasteiger partial charge >= 0.3 is 0 Å². The summed E-state index contributed by atoms with van der Waals surface area (Å²) in [4.78, 5) is 0. The maximum Gasteiger partial charge on any atom is 0.259 e. The van der Waals surface area contributed by atoms with Crippen LogP contribution in [0.25, 0.3) is 0 Å². The van der Waals surface area contributed by atoms with Gasteiger partial charge in [0.1, 0.15) is 0 Å². The first kappa shape index (κ1) is 16.5. The number of benzene rings is 2. The molecule has 0 radical (unpaired) electrons. The van der Waals surface area contributed by atoms with Crippen molar-refractivity contribution in [1.82, 2.24) is 0 Å². The molecule has 0 N–H and O–H groups in total. The van der Waals surface area contributed by atoms with Gasteiger partial charge in [0.25, 0.3) is 8.32 Å². The molecule has 3 rings (SSSR count). The maximum atomic E-state index is 6.89. The van der Waals surface area contributed by atoms with Gasteiger partial charge in [-0.05, 0) is 29.8 Å². The summed E-state index contributed by atoms with van der Waals surface area (Å²) in [6.45, 7) is 4.38. The van der Waals surface area contributed by atoms with Crippen molar-refractivity contribution in [2.45, 2.75) is 57.6 Å². The Kier molecular flexibility index (Phi) is 5.34. The summed E-state index contributed by atoms with van der Waals surface area (Å²) < 4.78 is 6.89. The molecule has 1 aliphatic carbocycles. The van der Waals surface area contributed by atoms with Gasteiger partial charge in [0.05, 0.1) is 0 Å². The SMILES string of the molecule is CC(C)O[Si](c1ccccc1)(c1ccccc1)C1CCCCC1. The van der Waals surface area contributed by atoms with Crippen LogP contribution in [0.2, 0.25) is 5.54 Å². The Morgan fingerprint density at radius 3 is 1.70 bits per heavy atom. The van der Waals surface area contributed by atoms with Gasteiger partial charge in [-0.3, -0.25) is 0 Å². The average molecular weight is 325 g/mol. The molecule has 2 aromatic rings. The van der Waals surface area contributed by atoms with Gasteiger partial charge in [-0.1, -0.05) is 92.8 Å². The minimum atomic E-state index is -2.21. The van der Waals surface area contributed by atoms with Crippen LogP contribution in [0.5, 0.6) is 0 Å². The van der Waals surface area contributed by atoms with E-state index in [0.29, 0.717) is 5.54 Å². The molecule has 122 valence electrons. The van der Waals surface area contributed by atoms with Crippen molar-refractivity contribution in [1.29, 1.82) is 0 Å². The molecule has 0 heterocycles. The van der Waals surface area contributed by atoms with Gasteiger partial charge in [-0.2, -0.15) is 0 Å². The molecule has 23 heavy (non-hydrogen) atoms. The normalized spacial score (nSPS) is 16.7. The second-order valence-corrected chi connectivity index (χ2v) is 10.6. The van der Waals surface area contributed by atoms with E-state index in [2.05, 4.69) is 74.5 Å². The summed E-state index contributed by atoms with van der Waals surface area (Å²) in [5, 5.41) is 2.87. The van der Waals surface area contributed by atoms with Gasteiger partial charge in [-0.25, -0.2) is 0 Å². The minimum Gasteiger partial charge on any atom is -0.405 e. The average Bonchev–Trinajstić information content (AvgIpc) is 2.62. The largest absolute Gasteiger partial charge is 0.405 e. The van der Waals surface area contributed by atoms with Crippen molar-refractivity contribution in [3.63, 3.8) is 0 Å². The summed E-state index contributed by atoms with van der Waals surface area (Å²) in [6, 6.07) is 22.1. The smallest absolute Gasteiger partial charge is 0.259 e. The van der Waals surface area contributed by atoms with Crippen LogP contribution in [0.15, 0.2) is 60.7 Å². The Morgan fingerprint density at radius 1 is 0.783 bits per heavy atom. The fourth-order valence-electron chi connectivity index (χ4n) is 4.12. The monoisotopic (exact) mass is 324 g/mol. The molecule has 0 amide bonds. The zero-order valence-electron chi connectivity index (χ0n) is 14.4. The number of hydrogen-bond acceptors (Lipinski definition) is 1. The lowest BCUT2D eigenvalue weighted by Crippen LogP contribution is -2.65. The zero-order valence-corrected chi connectivity index (χ0v) is 15.4. The predicted octanol–water partition coefficient (Wildman–Crippen LogP) is 4.51. The molecule has 1 aliphatic rings. The maximum absolute atomic E-state index is 6.89. The van der Waals surface area contributed by atoms with E-state index in [1.165, 1.54) is 42.5 Å². The van der Waals surface area contributed by atoms with Crippen molar-refractivity contribution in [2.24, 2.45) is 0 Å². The van der Waals surface area contributed by atoms with Gasteiger partial charge < -0.3 is 4.43 Å². The van der Waals surface area contributed by atoms with E-state index >= 15 is 0 Å². The van der Waals surface area contributed by atoms with E-state index in [-0.39, 0.29) is 6.10 Å². The number of hydrogen-bond donors (Lipinski definition) is 0. The first-order valence-electron chi connectivity index (χ1n) is 9.02. The summed E-state index contributed by atoms with van der Waals surface area (Å²) >= 11 is 0. The van der Waals surface area contributed by atoms with E-state index in [1.54, 1.807) is 0 Å². The first-order valence-corrected chi connectivity index (χ1v) is 11.0. The van der Waals surface area contributed by atoms with Crippen LogP contribution in [0.3, 0.4) is 0 Å². The van der Waals surface area contributed by atoms with Crippen molar-refractivity contribution in [3.8, 4) is 0 Å². The lowest BCUT2D eigenvalue weighted by molar-refractivity contribution is 0.227. The van der Waals surface area contributed by atoms with Crippen LogP contribution in [0, 0.1) is 0 Å².